The quantitative estimate of drug-likeness (QED) is 0.788. The zero-order chi connectivity index (χ0) is 10.8. The van der Waals surface area contributed by atoms with Gasteiger partial charge in [-0.2, -0.15) is 0 Å². The zero-order valence-electron chi connectivity index (χ0n) is 9.56. The predicted molar refractivity (Wildman–Crippen MR) is 61.8 cm³/mol. The van der Waals surface area contributed by atoms with Crippen LogP contribution >= 0.6 is 0 Å². The first-order valence-electron chi connectivity index (χ1n) is 5.66. The van der Waals surface area contributed by atoms with Gasteiger partial charge >= 0.3 is 0 Å². The van der Waals surface area contributed by atoms with E-state index in [1.165, 1.54) is 12.8 Å². The standard InChI is InChI=1S/C11H20N4/c1-9(12)10-4-3-6-15(8-10)11-13-5-7-14(11)2/h5,7,9-10H,3-4,6,8,12H2,1-2H3. The van der Waals surface area contributed by atoms with Crippen molar-refractivity contribution in [3.63, 3.8) is 0 Å². The van der Waals surface area contributed by atoms with Gasteiger partial charge in [0.1, 0.15) is 0 Å². The van der Waals surface area contributed by atoms with Gasteiger partial charge in [0.2, 0.25) is 5.95 Å². The molecular weight excluding hydrogens is 188 g/mol. The molecule has 0 amide bonds. The Kier molecular flexibility index (Phi) is 2.95. The highest BCUT2D eigenvalue weighted by Gasteiger charge is 2.24. The van der Waals surface area contributed by atoms with Crippen LogP contribution in [0.15, 0.2) is 12.4 Å². The van der Waals surface area contributed by atoms with E-state index < -0.39 is 0 Å². The highest BCUT2D eigenvalue weighted by atomic mass is 15.3. The van der Waals surface area contributed by atoms with Crippen LogP contribution in [0, 0.1) is 5.92 Å². The topological polar surface area (TPSA) is 47.1 Å². The summed E-state index contributed by atoms with van der Waals surface area (Å²) in [5.41, 5.74) is 5.97. The molecule has 0 spiro atoms. The number of piperidine rings is 1. The molecule has 2 unspecified atom stereocenters. The van der Waals surface area contributed by atoms with Crippen LogP contribution in [-0.2, 0) is 7.05 Å². The van der Waals surface area contributed by atoms with E-state index in [-0.39, 0.29) is 6.04 Å². The molecule has 1 aromatic rings. The summed E-state index contributed by atoms with van der Waals surface area (Å²) in [7, 11) is 2.04. The molecule has 0 aromatic carbocycles. The van der Waals surface area contributed by atoms with Gasteiger partial charge in [-0.05, 0) is 25.7 Å². The van der Waals surface area contributed by atoms with Crippen LogP contribution in [0.1, 0.15) is 19.8 Å². The van der Waals surface area contributed by atoms with E-state index in [0.29, 0.717) is 5.92 Å². The Balaban J connectivity index is 2.08. The third kappa shape index (κ3) is 2.15. The first-order chi connectivity index (χ1) is 7.18. The van der Waals surface area contributed by atoms with Crippen molar-refractivity contribution < 1.29 is 0 Å². The van der Waals surface area contributed by atoms with E-state index in [1.807, 2.05) is 19.4 Å². The number of rotatable bonds is 2. The molecule has 0 radical (unpaired) electrons. The summed E-state index contributed by atoms with van der Waals surface area (Å²) in [5, 5.41) is 0. The number of hydrogen-bond acceptors (Lipinski definition) is 3. The molecule has 0 saturated carbocycles. The molecule has 0 aliphatic carbocycles. The third-order valence-corrected chi connectivity index (χ3v) is 3.28. The van der Waals surface area contributed by atoms with Gasteiger partial charge in [0.05, 0.1) is 0 Å². The van der Waals surface area contributed by atoms with Crippen molar-refractivity contribution in [1.82, 2.24) is 9.55 Å². The molecule has 1 fully saturated rings. The van der Waals surface area contributed by atoms with Gasteiger partial charge in [0.25, 0.3) is 0 Å². The lowest BCUT2D eigenvalue weighted by atomic mass is 9.92. The van der Waals surface area contributed by atoms with Crippen LogP contribution in [0.3, 0.4) is 0 Å². The third-order valence-electron chi connectivity index (χ3n) is 3.28. The summed E-state index contributed by atoms with van der Waals surface area (Å²) in [6.45, 7) is 4.25. The zero-order valence-corrected chi connectivity index (χ0v) is 9.56. The molecule has 2 atom stereocenters. The minimum Gasteiger partial charge on any atom is -0.342 e. The summed E-state index contributed by atoms with van der Waals surface area (Å²) < 4.78 is 2.07. The smallest absolute Gasteiger partial charge is 0.205 e. The molecule has 4 nitrogen and oxygen atoms in total. The van der Waals surface area contributed by atoms with Gasteiger partial charge in [-0.3, -0.25) is 0 Å². The van der Waals surface area contributed by atoms with E-state index in [2.05, 4.69) is 21.4 Å². The van der Waals surface area contributed by atoms with E-state index >= 15 is 0 Å². The molecule has 4 heteroatoms. The second-order valence-corrected chi connectivity index (χ2v) is 4.55. The fraction of sp³-hybridized carbons (Fsp3) is 0.727. The molecule has 2 heterocycles. The van der Waals surface area contributed by atoms with Crippen molar-refractivity contribution in [2.24, 2.45) is 18.7 Å². The summed E-state index contributed by atoms with van der Waals surface area (Å²) >= 11 is 0. The number of aryl methyl sites for hydroxylation is 1. The van der Waals surface area contributed by atoms with E-state index in [4.69, 9.17) is 5.73 Å². The first kappa shape index (κ1) is 10.5. The summed E-state index contributed by atoms with van der Waals surface area (Å²) in [6, 6.07) is 0.285. The van der Waals surface area contributed by atoms with Crippen molar-refractivity contribution in [3.05, 3.63) is 12.4 Å². The minimum absolute atomic E-state index is 0.285. The van der Waals surface area contributed by atoms with Crippen molar-refractivity contribution in [2.75, 3.05) is 18.0 Å². The maximum absolute atomic E-state index is 5.97. The molecule has 15 heavy (non-hydrogen) atoms. The lowest BCUT2D eigenvalue weighted by Crippen LogP contribution is -2.43. The second-order valence-electron chi connectivity index (χ2n) is 4.55. The maximum atomic E-state index is 5.97. The lowest BCUT2D eigenvalue weighted by Gasteiger charge is -2.35. The normalized spacial score (nSPS) is 24.2. The van der Waals surface area contributed by atoms with E-state index in [9.17, 15) is 0 Å². The Labute approximate surface area is 91.1 Å². The van der Waals surface area contributed by atoms with Crippen LogP contribution in [0.5, 0.6) is 0 Å². The highest BCUT2D eigenvalue weighted by Crippen LogP contribution is 2.22. The number of hydrogen-bond donors (Lipinski definition) is 1. The van der Waals surface area contributed by atoms with Crippen LogP contribution in [-0.4, -0.2) is 28.7 Å². The monoisotopic (exact) mass is 208 g/mol. The second kappa shape index (κ2) is 4.23. The molecule has 1 aliphatic heterocycles. The van der Waals surface area contributed by atoms with Crippen molar-refractivity contribution in [2.45, 2.75) is 25.8 Å². The summed E-state index contributed by atoms with van der Waals surface area (Å²) in [5.74, 6) is 1.68. The molecule has 1 saturated heterocycles. The number of aromatic nitrogens is 2. The first-order valence-corrected chi connectivity index (χ1v) is 5.66. The fourth-order valence-corrected chi connectivity index (χ4v) is 2.28. The van der Waals surface area contributed by atoms with Crippen molar-refractivity contribution in [1.29, 1.82) is 0 Å². The van der Waals surface area contributed by atoms with Crippen LogP contribution in [0.4, 0.5) is 5.95 Å². The Morgan fingerprint density at radius 2 is 2.40 bits per heavy atom. The van der Waals surface area contributed by atoms with Crippen LogP contribution in [0.2, 0.25) is 0 Å². The lowest BCUT2D eigenvalue weighted by molar-refractivity contribution is 0.360. The van der Waals surface area contributed by atoms with Gasteiger partial charge in [-0.25, -0.2) is 4.98 Å². The SMILES string of the molecule is CC(N)C1CCCN(c2nccn2C)C1. The van der Waals surface area contributed by atoms with Gasteiger partial charge < -0.3 is 15.2 Å². The number of nitrogens with two attached hydrogens (primary N) is 1. The van der Waals surface area contributed by atoms with Gasteiger partial charge in [0, 0.05) is 38.6 Å². The van der Waals surface area contributed by atoms with Gasteiger partial charge in [0.15, 0.2) is 0 Å². The average Bonchev–Trinajstić information content (AvgIpc) is 2.64. The van der Waals surface area contributed by atoms with Crippen molar-refractivity contribution >= 4 is 5.95 Å². The van der Waals surface area contributed by atoms with Gasteiger partial charge in [-0.15, -0.1) is 0 Å². The van der Waals surface area contributed by atoms with Crippen LogP contribution in [0.25, 0.3) is 0 Å². The van der Waals surface area contributed by atoms with Gasteiger partial charge in [-0.1, -0.05) is 0 Å². The van der Waals surface area contributed by atoms with E-state index in [0.717, 1.165) is 19.0 Å². The predicted octanol–water partition coefficient (Wildman–Crippen LogP) is 0.984. The Hall–Kier alpha value is -1.03. The molecule has 84 valence electrons. The largest absolute Gasteiger partial charge is 0.342 e. The van der Waals surface area contributed by atoms with Crippen molar-refractivity contribution in [3.8, 4) is 0 Å². The molecule has 1 aromatic heterocycles. The maximum Gasteiger partial charge on any atom is 0.205 e. The Morgan fingerprint density at radius 1 is 1.60 bits per heavy atom. The van der Waals surface area contributed by atoms with Crippen LogP contribution < -0.4 is 10.6 Å². The summed E-state index contributed by atoms with van der Waals surface area (Å²) in [4.78, 5) is 6.73. The van der Waals surface area contributed by atoms with E-state index in [1.54, 1.807) is 0 Å². The molecule has 0 bridgehead atoms. The molecule has 2 N–H and O–H groups in total. The summed E-state index contributed by atoms with van der Waals surface area (Å²) in [6.07, 6.45) is 6.31. The molecule has 2 rings (SSSR count). The Morgan fingerprint density at radius 3 is 3.00 bits per heavy atom. The molecular formula is C11H20N4. The Bertz CT molecular complexity index is 318. The number of anilines is 1. The minimum atomic E-state index is 0.285. The average molecular weight is 208 g/mol. The fourth-order valence-electron chi connectivity index (χ4n) is 2.28. The number of nitrogens with zero attached hydrogens (tertiary/aromatic N) is 3. The molecule has 1 aliphatic rings. The highest BCUT2D eigenvalue weighted by molar-refractivity contribution is 5.31. The number of imidazole rings is 1.